The molecule has 2 aromatic rings. The Morgan fingerprint density at radius 1 is 1.11 bits per heavy atom. The number of carbonyl (C=O) groups is 1. The molecule has 1 spiro atoms. The number of pyridine rings is 1. The van der Waals surface area contributed by atoms with Crippen molar-refractivity contribution in [3.63, 3.8) is 0 Å². The maximum atomic E-state index is 13.7. The molecule has 1 saturated heterocycles. The second kappa shape index (κ2) is 9.90. The van der Waals surface area contributed by atoms with Gasteiger partial charge in [0.15, 0.2) is 0 Å². The molecule has 0 bridgehead atoms. The van der Waals surface area contributed by atoms with Crippen molar-refractivity contribution in [1.82, 2.24) is 15.2 Å². The number of anilines is 1. The lowest BCUT2D eigenvalue weighted by atomic mass is 9.63. The Bertz CT molecular complexity index is 1150. The van der Waals surface area contributed by atoms with Gasteiger partial charge in [-0.2, -0.15) is 0 Å². The molecule has 0 radical (unpaired) electrons. The Morgan fingerprint density at radius 3 is 2.66 bits per heavy atom. The van der Waals surface area contributed by atoms with E-state index in [2.05, 4.69) is 21.9 Å². The first kappa shape index (κ1) is 24.3. The van der Waals surface area contributed by atoms with Crippen LogP contribution in [0.2, 0.25) is 0 Å². The molecule has 5 rings (SSSR count). The lowest BCUT2D eigenvalue weighted by molar-refractivity contribution is 0.0766. The van der Waals surface area contributed by atoms with Gasteiger partial charge < -0.3 is 10.2 Å². The summed E-state index contributed by atoms with van der Waals surface area (Å²) >= 11 is 0. The van der Waals surface area contributed by atoms with Gasteiger partial charge in [0.1, 0.15) is 5.25 Å². The summed E-state index contributed by atoms with van der Waals surface area (Å²) in [5.41, 5.74) is 2.84. The first-order valence-electron chi connectivity index (χ1n) is 12.9. The first-order valence-corrected chi connectivity index (χ1v) is 14.5. The average molecular weight is 497 g/mol. The van der Waals surface area contributed by atoms with E-state index in [1.165, 1.54) is 0 Å². The minimum absolute atomic E-state index is 0.0121. The maximum absolute atomic E-state index is 13.7. The van der Waals surface area contributed by atoms with E-state index in [0.29, 0.717) is 35.8 Å². The molecule has 1 aromatic carbocycles. The van der Waals surface area contributed by atoms with Crippen LogP contribution in [0, 0.1) is 11.3 Å². The Labute approximate surface area is 208 Å². The molecule has 1 saturated carbocycles. The van der Waals surface area contributed by atoms with Crippen molar-refractivity contribution in [1.29, 1.82) is 0 Å². The number of rotatable bonds is 4. The van der Waals surface area contributed by atoms with Gasteiger partial charge in [-0.15, -0.1) is 0 Å². The molecule has 2 N–H and O–H groups in total. The second-order valence-electron chi connectivity index (χ2n) is 10.7. The zero-order chi connectivity index (χ0) is 24.5. The van der Waals surface area contributed by atoms with Crippen LogP contribution in [0.15, 0.2) is 42.6 Å². The van der Waals surface area contributed by atoms with Gasteiger partial charge in [0, 0.05) is 37.1 Å². The lowest BCUT2D eigenvalue weighted by Crippen LogP contribution is -2.38. The molecule has 3 aliphatic rings. The van der Waals surface area contributed by atoms with Crippen LogP contribution in [0.25, 0.3) is 0 Å². The van der Waals surface area contributed by atoms with Crippen molar-refractivity contribution in [2.24, 2.45) is 11.3 Å². The minimum atomic E-state index is -3.71. The maximum Gasteiger partial charge on any atom is 0.253 e. The first-order chi connectivity index (χ1) is 16.9. The van der Waals surface area contributed by atoms with Crippen LogP contribution in [-0.4, -0.2) is 50.4 Å². The van der Waals surface area contributed by atoms with Gasteiger partial charge in [0.2, 0.25) is 10.0 Å². The van der Waals surface area contributed by atoms with Crippen LogP contribution in [0.3, 0.4) is 0 Å². The molecule has 1 aliphatic heterocycles. The molecule has 1 unspecified atom stereocenters. The number of aromatic nitrogens is 1. The fourth-order valence-corrected chi connectivity index (χ4v) is 7.70. The number of benzene rings is 1. The molecule has 2 aliphatic carbocycles. The molecule has 8 heteroatoms. The normalized spacial score (nSPS) is 27.2. The lowest BCUT2D eigenvalue weighted by Gasteiger charge is -2.45. The van der Waals surface area contributed by atoms with Crippen molar-refractivity contribution in [3.8, 4) is 0 Å². The van der Waals surface area contributed by atoms with Crippen LogP contribution < -0.4 is 10.0 Å². The van der Waals surface area contributed by atoms with Crippen LogP contribution in [0.4, 0.5) is 5.69 Å². The molecule has 1 aromatic heterocycles. The van der Waals surface area contributed by atoms with E-state index >= 15 is 0 Å². The summed E-state index contributed by atoms with van der Waals surface area (Å²) in [6, 6.07) is 10.8. The number of nitrogens with one attached hydrogen (secondary N) is 2. The molecule has 7 nitrogen and oxygen atoms in total. The van der Waals surface area contributed by atoms with Crippen molar-refractivity contribution >= 4 is 21.6 Å². The summed E-state index contributed by atoms with van der Waals surface area (Å²) in [5, 5.41) is 2.63. The highest BCUT2D eigenvalue weighted by atomic mass is 32.2. The smallest absolute Gasteiger partial charge is 0.253 e. The highest BCUT2D eigenvalue weighted by Crippen LogP contribution is 2.52. The SMILES string of the molecule is CC1CCC2(CC1)Cc1cccnc1C(S(=O)(=O)Nc1ccc(C(=O)N3CCCNCC3)cc1)C2. The molecule has 2 heterocycles. The van der Waals surface area contributed by atoms with Gasteiger partial charge in [0.05, 0.1) is 5.69 Å². The average Bonchev–Trinajstić information content (AvgIpc) is 3.15. The third-order valence-electron chi connectivity index (χ3n) is 8.14. The van der Waals surface area contributed by atoms with Crippen LogP contribution in [0.1, 0.15) is 72.3 Å². The van der Waals surface area contributed by atoms with E-state index in [1.807, 2.05) is 17.0 Å². The van der Waals surface area contributed by atoms with E-state index < -0.39 is 15.3 Å². The van der Waals surface area contributed by atoms with Gasteiger partial charge in [-0.1, -0.05) is 25.8 Å². The van der Waals surface area contributed by atoms with E-state index in [9.17, 15) is 13.2 Å². The van der Waals surface area contributed by atoms with E-state index in [0.717, 1.165) is 63.7 Å². The van der Waals surface area contributed by atoms with Gasteiger partial charge in [0.25, 0.3) is 5.91 Å². The summed E-state index contributed by atoms with van der Waals surface area (Å²) < 4.78 is 30.2. The van der Waals surface area contributed by atoms with Crippen LogP contribution in [0.5, 0.6) is 0 Å². The largest absolute Gasteiger partial charge is 0.337 e. The van der Waals surface area contributed by atoms with Gasteiger partial charge in [-0.05, 0) is 85.9 Å². The minimum Gasteiger partial charge on any atom is -0.337 e. The highest BCUT2D eigenvalue weighted by molar-refractivity contribution is 7.92. The van der Waals surface area contributed by atoms with E-state index in [-0.39, 0.29) is 11.3 Å². The van der Waals surface area contributed by atoms with E-state index in [1.54, 1.807) is 30.5 Å². The summed E-state index contributed by atoms with van der Waals surface area (Å²) in [4.78, 5) is 19.3. The van der Waals surface area contributed by atoms with Crippen molar-refractivity contribution in [2.75, 3.05) is 30.9 Å². The number of amides is 1. The number of hydrogen-bond donors (Lipinski definition) is 2. The van der Waals surface area contributed by atoms with E-state index in [4.69, 9.17) is 0 Å². The predicted octanol–water partition coefficient (Wildman–Crippen LogP) is 4.14. The molecule has 188 valence electrons. The quantitative estimate of drug-likeness (QED) is 0.664. The third kappa shape index (κ3) is 5.23. The monoisotopic (exact) mass is 496 g/mol. The fourth-order valence-electron chi connectivity index (χ4n) is 6.02. The molecule has 1 atom stereocenters. The predicted molar refractivity (Wildman–Crippen MR) is 138 cm³/mol. The van der Waals surface area contributed by atoms with Gasteiger partial charge >= 0.3 is 0 Å². The third-order valence-corrected chi connectivity index (χ3v) is 9.80. The van der Waals surface area contributed by atoms with Gasteiger partial charge in [-0.25, -0.2) is 8.42 Å². The fraction of sp³-hybridized carbons (Fsp3) is 0.556. The number of fused-ring (bicyclic) bond motifs is 1. The molecular weight excluding hydrogens is 460 g/mol. The van der Waals surface area contributed by atoms with Crippen LogP contribution in [-0.2, 0) is 16.4 Å². The number of hydrogen-bond acceptors (Lipinski definition) is 5. The topological polar surface area (TPSA) is 91.4 Å². The number of carbonyl (C=O) groups excluding carboxylic acids is 1. The molecular formula is C27H36N4O3S. The highest BCUT2D eigenvalue weighted by Gasteiger charge is 2.46. The molecule has 1 amide bonds. The zero-order valence-corrected chi connectivity index (χ0v) is 21.3. The number of nitrogens with zero attached hydrogens (tertiary/aromatic N) is 2. The zero-order valence-electron chi connectivity index (χ0n) is 20.5. The summed E-state index contributed by atoms with van der Waals surface area (Å²) in [5.74, 6) is 0.692. The Hall–Kier alpha value is -2.45. The van der Waals surface area contributed by atoms with Crippen molar-refractivity contribution in [2.45, 2.75) is 57.1 Å². The Kier molecular flexibility index (Phi) is 6.86. The summed E-state index contributed by atoms with van der Waals surface area (Å²) in [7, 11) is -3.71. The summed E-state index contributed by atoms with van der Waals surface area (Å²) in [6.45, 7) is 5.42. The molecule has 35 heavy (non-hydrogen) atoms. The van der Waals surface area contributed by atoms with Gasteiger partial charge in [-0.3, -0.25) is 14.5 Å². The van der Waals surface area contributed by atoms with Crippen molar-refractivity contribution in [3.05, 3.63) is 59.4 Å². The molecule has 2 fully saturated rings. The standard InChI is InChI=1S/C27H36N4O3S/c1-20-9-11-27(12-10-20)18-22-4-2-14-29-25(22)24(19-27)35(33,34)30-23-7-5-21(6-8-23)26(32)31-16-3-13-28-15-17-31/h2,4-8,14,20,24,28,30H,3,9-13,15-19H2,1H3. The Balaban J connectivity index is 1.35. The van der Waals surface area contributed by atoms with Crippen LogP contribution >= 0.6 is 0 Å². The summed E-state index contributed by atoms with van der Waals surface area (Å²) in [6.07, 6.45) is 8.59. The second-order valence-corrected chi connectivity index (χ2v) is 12.6. The van der Waals surface area contributed by atoms with Crippen molar-refractivity contribution < 1.29 is 13.2 Å². The Morgan fingerprint density at radius 2 is 1.89 bits per heavy atom. The number of sulfonamides is 1.